The predicted molar refractivity (Wildman–Crippen MR) is 66.5 cm³/mol. The third-order valence-corrected chi connectivity index (χ3v) is 2.45. The molecule has 1 rings (SSSR count). The lowest BCUT2D eigenvalue weighted by Crippen LogP contribution is -2.26. The molecule has 0 saturated carbocycles. The van der Waals surface area contributed by atoms with E-state index in [9.17, 15) is 0 Å². The quantitative estimate of drug-likeness (QED) is 0.769. The van der Waals surface area contributed by atoms with E-state index < -0.39 is 0 Å². The second kappa shape index (κ2) is 7.36. The molecule has 0 aliphatic rings. The third kappa shape index (κ3) is 4.29. The summed E-state index contributed by atoms with van der Waals surface area (Å²) in [6.07, 6.45) is 2.99. The number of aromatic nitrogens is 1. The van der Waals surface area contributed by atoms with E-state index >= 15 is 0 Å². The summed E-state index contributed by atoms with van der Waals surface area (Å²) in [4.78, 5) is 4.21. The molecule has 0 aliphatic carbocycles. The van der Waals surface area contributed by atoms with E-state index in [1.165, 1.54) is 5.56 Å². The van der Waals surface area contributed by atoms with Crippen molar-refractivity contribution >= 4 is 0 Å². The van der Waals surface area contributed by atoms with Crippen LogP contribution in [-0.4, -0.2) is 24.7 Å². The average molecular weight is 222 g/mol. The highest BCUT2D eigenvalue weighted by Crippen LogP contribution is 2.13. The summed E-state index contributed by atoms with van der Waals surface area (Å²) in [5.74, 6) is 0. The van der Waals surface area contributed by atoms with Crippen LogP contribution in [0.1, 0.15) is 37.6 Å². The van der Waals surface area contributed by atoms with Gasteiger partial charge < -0.3 is 10.1 Å². The second-order valence-corrected chi connectivity index (χ2v) is 3.90. The number of hydrogen-bond acceptors (Lipinski definition) is 3. The Balaban J connectivity index is 2.66. The molecule has 1 heterocycles. The van der Waals surface area contributed by atoms with E-state index in [4.69, 9.17) is 4.74 Å². The summed E-state index contributed by atoms with van der Waals surface area (Å²) in [6, 6.07) is 4.45. The maximum atomic E-state index is 5.50. The van der Waals surface area contributed by atoms with Gasteiger partial charge in [-0.3, -0.25) is 4.98 Å². The van der Waals surface area contributed by atoms with Crippen LogP contribution in [0.3, 0.4) is 0 Å². The summed E-state index contributed by atoms with van der Waals surface area (Å²) < 4.78 is 5.50. The maximum absolute atomic E-state index is 5.50. The van der Waals surface area contributed by atoms with Crippen LogP contribution < -0.4 is 5.32 Å². The van der Waals surface area contributed by atoms with Gasteiger partial charge in [0.25, 0.3) is 0 Å². The van der Waals surface area contributed by atoms with Crippen molar-refractivity contribution in [2.75, 3.05) is 19.8 Å². The summed E-state index contributed by atoms with van der Waals surface area (Å²) in [5, 5.41) is 3.49. The predicted octanol–water partition coefficient (Wildman–Crippen LogP) is 2.47. The molecule has 0 aliphatic heterocycles. The fourth-order valence-corrected chi connectivity index (χ4v) is 1.61. The Morgan fingerprint density at radius 1 is 1.44 bits per heavy atom. The van der Waals surface area contributed by atoms with Gasteiger partial charge in [-0.2, -0.15) is 0 Å². The Kier molecular flexibility index (Phi) is 6.04. The zero-order chi connectivity index (χ0) is 11.8. The van der Waals surface area contributed by atoms with E-state index in [2.05, 4.69) is 29.4 Å². The van der Waals surface area contributed by atoms with Crippen molar-refractivity contribution < 1.29 is 4.74 Å². The van der Waals surface area contributed by atoms with E-state index in [0.29, 0.717) is 0 Å². The van der Waals surface area contributed by atoms with Crippen LogP contribution in [0.25, 0.3) is 0 Å². The van der Waals surface area contributed by atoms with Gasteiger partial charge in [-0.1, -0.05) is 6.92 Å². The first-order valence-corrected chi connectivity index (χ1v) is 6.01. The highest BCUT2D eigenvalue weighted by molar-refractivity contribution is 5.19. The molecular weight excluding hydrogens is 200 g/mol. The molecule has 1 aromatic heterocycles. The number of ether oxygens (including phenoxy) is 1. The molecule has 16 heavy (non-hydrogen) atoms. The summed E-state index contributed by atoms with van der Waals surface area (Å²) in [5.41, 5.74) is 2.31. The molecule has 3 nitrogen and oxygen atoms in total. The molecule has 1 atom stereocenters. The number of nitrogens with zero attached hydrogens (tertiary/aromatic N) is 1. The molecule has 3 heteroatoms. The molecule has 0 fully saturated rings. The van der Waals surface area contributed by atoms with Crippen LogP contribution in [0, 0.1) is 6.92 Å². The first-order valence-electron chi connectivity index (χ1n) is 6.01. The van der Waals surface area contributed by atoms with E-state index in [1.54, 1.807) is 0 Å². The normalized spacial score (nSPS) is 12.7. The van der Waals surface area contributed by atoms with Gasteiger partial charge in [-0.05, 0) is 44.5 Å². The fraction of sp³-hybridized carbons (Fsp3) is 0.615. The Hall–Kier alpha value is -0.930. The number of rotatable bonds is 7. The molecule has 1 N–H and O–H groups in total. The van der Waals surface area contributed by atoms with Gasteiger partial charge in [-0.15, -0.1) is 0 Å². The smallest absolute Gasteiger partial charge is 0.0661 e. The first kappa shape index (κ1) is 13.1. The van der Waals surface area contributed by atoms with Gasteiger partial charge in [0.1, 0.15) is 0 Å². The highest BCUT2D eigenvalue weighted by atomic mass is 16.5. The average Bonchev–Trinajstić information content (AvgIpc) is 2.29. The maximum Gasteiger partial charge on any atom is 0.0661 e. The molecule has 0 radical (unpaired) electrons. The molecule has 90 valence electrons. The van der Waals surface area contributed by atoms with Crippen LogP contribution in [-0.2, 0) is 4.74 Å². The van der Waals surface area contributed by atoms with Crippen molar-refractivity contribution in [2.45, 2.75) is 33.2 Å². The van der Waals surface area contributed by atoms with Crippen LogP contribution >= 0.6 is 0 Å². The molecule has 0 bridgehead atoms. The molecule has 0 spiro atoms. The highest BCUT2D eigenvalue weighted by Gasteiger charge is 2.10. The van der Waals surface area contributed by atoms with Crippen molar-refractivity contribution in [2.24, 2.45) is 0 Å². The lowest BCUT2D eigenvalue weighted by molar-refractivity contribution is 0.123. The SMILES string of the molecule is CCCNC(COCC)c1ccnc(C)c1. The van der Waals surface area contributed by atoms with E-state index in [1.807, 2.05) is 20.0 Å². The molecule has 1 unspecified atom stereocenters. The third-order valence-electron chi connectivity index (χ3n) is 2.45. The van der Waals surface area contributed by atoms with Gasteiger partial charge >= 0.3 is 0 Å². The summed E-state index contributed by atoms with van der Waals surface area (Å²) in [6.45, 7) is 8.70. The van der Waals surface area contributed by atoms with Crippen LogP contribution in [0.5, 0.6) is 0 Å². The number of pyridine rings is 1. The molecule has 0 saturated heterocycles. The fourth-order valence-electron chi connectivity index (χ4n) is 1.61. The lowest BCUT2D eigenvalue weighted by Gasteiger charge is -2.18. The minimum atomic E-state index is 0.279. The van der Waals surface area contributed by atoms with E-state index in [0.717, 1.165) is 31.9 Å². The Bertz CT molecular complexity index is 294. The topological polar surface area (TPSA) is 34.1 Å². The number of nitrogens with one attached hydrogen (secondary N) is 1. The lowest BCUT2D eigenvalue weighted by atomic mass is 10.1. The summed E-state index contributed by atoms with van der Waals surface area (Å²) >= 11 is 0. The molecule has 0 aromatic carbocycles. The standard InChI is InChI=1S/C13H22N2O/c1-4-7-15-13(10-16-5-2)12-6-8-14-11(3)9-12/h6,8-9,13,15H,4-5,7,10H2,1-3H3. The Labute approximate surface area is 98.2 Å². The Morgan fingerprint density at radius 2 is 2.25 bits per heavy atom. The van der Waals surface area contributed by atoms with Crippen LogP contribution in [0.4, 0.5) is 0 Å². The van der Waals surface area contributed by atoms with Crippen molar-refractivity contribution in [3.05, 3.63) is 29.6 Å². The zero-order valence-electron chi connectivity index (χ0n) is 10.5. The molecular formula is C13H22N2O. The minimum Gasteiger partial charge on any atom is -0.380 e. The van der Waals surface area contributed by atoms with Gasteiger partial charge in [0, 0.05) is 18.5 Å². The molecule has 1 aromatic rings. The number of aryl methyl sites for hydroxylation is 1. The van der Waals surface area contributed by atoms with Crippen molar-refractivity contribution in [1.82, 2.24) is 10.3 Å². The van der Waals surface area contributed by atoms with Gasteiger partial charge in [0.2, 0.25) is 0 Å². The largest absolute Gasteiger partial charge is 0.380 e. The summed E-state index contributed by atoms with van der Waals surface area (Å²) in [7, 11) is 0. The van der Waals surface area contributed by atoms with Gasteiger partial charge in [-0.25, -0.2) is 0 Å². The van der Waals surface area contributed by atoms with Gasteiger partial charge in [0.15, 0.2) is 0 Å². The van der Waals surface area contributed by atoms with Crippen LogP contribution in [0.2, 0.25) is 0 Å². The van der Waals surface area contributed by atoms with Crippen molar-refractivity contribution in [3.8, 4) is 0 Å². The van der Waals surface area contributed by atoms with Crippen molar-refractivity contribution in [1.29, 1.82) is 0 Å². The molecule has 0 amide bonds. The van der Waals surface area contributed by atoms with Crippen LogP contribution in [0.15, 0.2) is 18.3 Å². The van der Waals surface area contributed by atoms with Gasteiger partial charge in [0.05, 0.1) is 12.6 Å². The monoisotopic (exact) mass is 222 g/mol. The number of hydrogen-bond donors (Lipinski definition) is 1. The minimum absolute atomic E-state index is 0.279. The zero-order valence-corrected chi connectivity index (χ0v) is 10.5. The second-order valence-electron chi connectivity index (χ2n) is 3.90. The van der Waals surface area contributed by atoms with E-state index in [-0.39, 0.29) is 6.04 Å². The first-order chi connectivity index (χ1) is 7.77. The van der Waals surface area contributed by atoms with Crippen molar-refractivity contribution in [3.63, 3.8) is 0 Å². The Morgan fingerprint density at radius 3 is 2.88 bits per heavy atom.